The molecule has 2 saturated heterocycles. The minimum absolute atomic E-state index is 0.718. The van der Waals surface area contributed by atoms with Crippen LogP contribution in [0.3, 0.4) is 0 Å². The third-order valence-corrected chi connectivity index (χ3v) is 4.03. The van der Waals surface area contributed by atoms with Crippen LogP contribution in [0.2, 0.25) is 0 Å². The first-order valence-corrected chi connectivity index (χ1v) is 6.93. The van der Waals surface area contributed by atoms with Crippen molar-refractivity contribution in [3.63, 3.8) is 0 Å². The fourth-order valence-electron chi connectivity index (χ4n) is 2.31. The van der Waals surface area contributed by atoms with Gasteiger partial charge in [-0.05, 0) is 19.4 Å². The zero-order chi connectivity index (χ0) is 10.5. The molecule has 2 rings (SSSR count). The average Bonchev–Trinajstić information content (AvgIpc) is 2.28. The quantitative estimate of drug-likeness (QED) is 0.720. The maximum atomic E-state index is 5.35. The number of alkyl halides is 1. The number of hydrogen-bond donors (Lipinski definition) is 0. The van der Waals surface area contributed by atoms with Gasteiger partial charge in [0, 0.05) is 37.6 Å². The lowest BCUT2D eigenvalue weighted by Crippen LogP contribution is -2.44. The van der Waals surface area contributed by atoms with Gasteiger partial charge in [-0.3, -0.25) is 4.90 Å². The lowest BCUT2D eigenvalue weighted by molar-refractivity contribution is 0.0326. The summed E-state index contributed by atoms with van der Waals surface area (Å²) in [6, 6.07) is 0. The molecule has 0 aliphatic carbocycles. The van der Waals surface area contributed by atoms with Crippen LogP contribution in [0, 0.1) is 0 Å². The van der Waals surface area contributed by atoms with E-state index in [9.17, 15) is 0 Å². The molecule has 1 atom stereocenters. The van der Waals surface area contributed by atoms with Gasteiger partial charge in [0.1, 0.15) is 0 Å². The number of rotatable bonds is 3. The predicted molar refractivity (Wildman–Crippen MR) is 65.6 cm³/mol. The molecule has 0 spiro atoms. The van der Waals surface area contributed by atoms with Gasteiger partial charge in [0.2, 0.25) is 0 Å². The van der Waals surface area contributed by atoms with Crippen LogP contribution in [0.25, 0.3) is 0 Å². The van der Waals surface area contributed by atoms with E-state index in [4.69, 9.17) is 4.74 Å². The summed E-state index contributed by atoms with van der Waals surface area (Å²) in [6.07, 6.45) is 2.69. The van der Waals surface area contributed by atoms with E-state index >= 15 is 0 Å². The maximum Gasteiger partial charge on any atom is 0.0594 e. The summed E-state index contributed by atoms with van der Waals surface area (Å²) >= 11 is 3.72. The van der Waals surface area contributed by atoms with Crippen molar-refractivity contribution in [3.8, 4) is 0 Å². The number of hydrogen-bond acceptors (Lipinski definition) is 3. The van der Waals surface area contributed by atoms with E-state index in [-0.39, 0.29) is 0 Å². The summed E-state index contributed by atoms with van der Waals surface area (Å²) in [5.41, 5.74) is 0. The van der Waals surface area contributed by atoms with Gasteiger partial charge in [-0.2, -0.15) is 0 Å². The zero-order valence-electron chi connectivity index (χ0n) is 9.33. The van der Waals surface area contributed by atoms with Gasteiger partial charge < -0.3 is 9.64 Å². The van der Waals surface area contributed by atoms with Crippen LogP contribution < -0.4 is 0 Å². The van der Waals surface area contributed by atoms with Crippen molar-refractivity contribution in [1.29, 1.82) is 0 Å². The second-order valence-corrected chi connectivity index (χ2v) is 5.79. The Bertz CT molecular complexity index is 185. The van der Waals surface area contributed by atoms with E-state index in [2.05, 4.69) is 25.7 Å². The Balaban J connectivity index is 1.63. The monoisotopic (exact) mass is 276 g/mol. The molecular weight excluding hydrogens is 256 g/mol. The van der Waals surface area contributed by atoms with Crippen molar-refractivity contribution in [1.82, 2.24) is 9.80 Å². The first-order chi connectivity index (χ1) is 7.34. The van der Waals surface area contributed by atoms with Gasteiger partial charge in [0.15, 0.2) is 0 Å². The molecule has 0 aromatic rings. The van der Waals surface area contributed by atoms with E-state index in [1.807, 2.05) is 0 Å². The van der Waals surface area contributed by atoms with Gasteiger partial charge in [0.05, 0.1) is 13.2 Å². The smallest absolute Gasteiger partial charge is 0.0594 e. The SMILES string of the molecule is BrC1CCCN(CCN2CCOCC2)C1. The van der Waals surface area contributed by atoms with Gasteiger partial charge in [-0.25, -0.2) is 0 Å². The summed E-state index contributed by atoms with van der Waals surface area (Å²) in [5.74, 6) is 0. The van der Waals surface area contributed by atoms with Crippen LogP contribution in [-0.2, 0) is 4.74 Å². The summed E-state index contributed by atoms with van der Waals surface area (Å²) in [5, 5.41) is 0. The number of piperidine rings is 1. The van der Waals surface area contributed by atoms with Crippen LogP contribution in [0.1, 0.15) is 12.8 Å². The Morgan fingerprint density at radius 3 is 2.53 bits per heavy atom. The summed E-state index contributed by atoms with van der Waals surface area (Å²) in [7, 11) is 0. The Morgan fingerprint density at radius 2 is 1.80 bits per heavy atom. The van der Waals surface area contributed by atoms with Crippen molar-refractivity contribution >= 4 is 15.9 Å². The molecule has 0 amide bonds. The number of likely N-dealkylation sites (tertiary alicyclic amines) is 1. The maximum absolute atomic E-state index is 5.35. The van der Waals surface area contributed by atoms with Crippen molar-refractivity contribution in [2.24, 2.45) is 0 Å². The number of nitrogens with zero attached hydrogens (tertiary/aromatic N) is 2. The molecule has 0 bridgehead atoms. The summed E-state index contributed by atoms with van der Waals surface area (Å²) < 4.78 is 5.35. The molecule has 15 heavy (non-hydrogen) atoms. The largest absolute Gasteiger partial charge is 0.379 e. The Labute approximate surface area is 101 Å². The van der Waals surface area contributed by atoms with Gasteiger partial charge in [0.25, 0.3) is 0 Å². The minimum Gasteiger partial charge on any atom is -0.379 e. The Kier molecular flexibility index (Phi) is 4.88. The zero-order valence-corrected chi connectivity index (χ0v) is 10.9. The molecule has 3 nitrogen and oxygen atoms in total. The van der Waals surface area contributed by atoms with Crippen molar-refractivity contribution in [2.45, 2.75) is 17.7 Å². The molecule has 1 unspecified atom stereocenters. The molecule has 0 radical (unpaired) electrons. The minimum atomic E-state index is 0.718. The predicted octanol–water partition coefficient (Wildman–Crippen LogP) is 1.18. The molecule has 0 aromatic carbocycles. The summed E-state index contributed by atoms with van der Waals surface area (Å²) in [6.45, 7) is 9.02. The molecular formula is C11H21BrN2O. The Morgan fingerprint density at radius 1 is 1.07 bits per heavy atom. The normalized spacial score (nSPS) is 30.6. The van der Waals surface area contributed by atoms with E-state index in [1.165, 1.54) is 39.0 Å². The highest BCUT2D eigenvalue weighted by Gasteiger charge is 2.18. The Hall–Kier alpha value is 0.360. The molecule has 2 fully saturated rings. The number of morpholine rings is 1. The first-order valence-electron chi connectivity index (χ1n) is 6.01. The highest BCUT2D eigenvalue weighted by Crippen LogP contribution is 2.16. The van der Waals surface area contributed by atoms with E-state index in [1.54, 1.807) is 0 Å². The standard InChI is InChI=1S/C11H21BrN2O/c12-11-2-1-3-14(10-11)5-4-13-6-8-15-9-7-13/h11H,1-10H2. The van der Waals surface area contributed by atoms with Gasteiger partial charge >= 0.3 is 0 Å². The van der Waals surface area contributed by atoms with Crippen molar-refractivity contribution < 1.29 is 4.74 Å². The van der Waals surface area contributed by atoms with E-state index in [0.717, 1.165) is 31.1 Å². The third-order valence-electron chi connectivity index (χ3n) is 3.28. The topological polar surface area (TPSA) is 15.7 Å². The lowest BCUT2D eigenvalue weighted by atomic mass is 10.1. The second-order valence-electron chi connectivity index (χ2n) is 4.49. The van der Waals surface area contributed by atoms with Crippen LogP contribution in [0.4, 0.5) is 0 Å². The molecule has 0 aromatic heterocycles. The highest BCUT2D eigenvalue weighted by atomic mass is 79.9. The average molecular weight is 277 g/mol. The molecule has 4 heteroatoms. The van der Waals surface area contributed by atoms with Gasteiger partial charge in [-0.15, -0.1) is 0 Å². The van der Waals surface area contributed by atoms with Crippen LogP contribution >= 0.6 is 15.9 Å². The molecule has 0 saturated carbocycles. The summed E-state index contributed by atoms with van der Waals surface area (Å²) in [4.78, 5) is 5.82. The van der Waals surface area contributed by atoms with Crippen molar-refractivity contribution in [2.75, 3.05) is 52.5 Å². The second kappa shape index (κ2) is 6.18. The van der Waals surface area contributed by atoms with Crippen LogP contribution in [0.15, 0.2) is 0 Å². The lowest BCUT2D eigenvalue weighted by Gasteiger charge is -2.33. The van der Waals surface area contributed by atoms with Crippen LogP contribution in [-0.4, -0.2) is 67.1 Å². The fourth-order valence-corrected chi connectivity index (χ4v) is 3.04. The fraction of sp³-hybridized carbons (Fsp3) is 1.00. The molecule has 88 valence electrons. The molecule has 2 aliphatic heterocycles. The number of ether oxygens (including phenoxy) is 1. The van der Waals surface area contributed by atoms with Crippen molar-refractivity contribution in [3.05, 3.63) is 0 Å². The first kappa shape index (κ1) is 11.8. The van der Waals surface area contributed by atoms with Crippen LogP contribution in [0.5, 0.6) is 0 Å². The molecule has 2 heterocycles. The molecule has 2 aliphatic rings. The highest BCUT2D eigenvalue weighted by molar-refractivity contribution is 9.09. The van der Waals surface area contributed by atoms with E-state index < -0.39 is 0 Å². The number of halogens is 1. The third kappa shape index (κ3) is 4.02. The van der Waals surface area contributed by atoms with E-state index in [0.29, 0.717) is 0 Å². The van der Waals surface area contributed by atoms with Gasteiger partial charge in [-0.1, -0.05) is 15.9 Å². The molecule has 0 N–H and O–H groups in total.